The van der Waals surface area contributed by atoms with Gasteiger partial charge in [0.05, 0.1) is 72.2 Å². The van der Waals surface area contributed by atoms with Gasteiger partial charge < -0.3 is 43.8 Å². The maximum atomic E-state index is 14.8. The summed E-state index contributed by atoms with van der Waals surface area (Å²) in [5.74, 6) is -0.0866. The molecular formula is C53H63N9O10S. The Labute approximate surface area is 424 Å². The van der Waals surface area contributed by atoms with Crippen LogP contribution in [0.5, 0.6) is 11.6 Å². The van der Waals surface area contributed by atoms with Crippen molar-refractivity contribution in [3.8, 4) is 11.6 Å². The van der Waals surface area contributed by atoms with E-state index in [9.17, 15) is 23.3 Å². The third-order valence-corrected chi connectivity index (χ3v) is 17.7. The predicted molar refractivity (Wildman–Crippen MR) is 274 cm³/mol. The molecule has 73 heavy (non-hydrogen) atoms. The second-order valence-corrected chi connectivity index (χ2v) is 22.8. The number of sulfonamides is 1. The number of ether oxygens (including phenoxy) is 5. The number of benzene rings is 3. The fourth-order valence-electron chi connectivity index (χ4n) is 12.5. The van der Waals surface area contributed by atoms with Crippen molar-refractivity contribution in [3.05, 3.63) is 99.7 Å². The Kier molecular flexibility index (Phi) is 12.7. The van der Waals surface area contributed by atoms with Gasteiger partial charge in [-0.05, 0) is 84.9 Å². The monoisotopic (exact) mass is 1020 g/mol. The summed E-state index contributed by atoms with van der Waals surface area (Å²) >= 11 is 0. The Morgan fingerprint density at radius 1 is 0.918 bits per heavy atom. The smallest absolute Gasteiger partial charge is 0.297 e. The van der Waals surface area contributed by atoms with Gasteiger partial charge in [-0.15, -0.1) is 0 Å². The van der Waals surface area contributed by atoms with Gasteiger partial charge in [-0.1, -0.05) is 38.1 Å². The Bertz CT molecular complexity index is 3020. The highest BCUT2D eigenvalue weighted by Gasteiger charge is 2.50. The van der Waals surface area contributed by atoms with Crippen molar-refractivity contribution < 1.29 is 41.8 Å². The van der Waals surface area contributed by atoms with E-state index in [1.54, 1.807) is 6.07 Å². The van der Waals surface area contributed by atoms with Crippen LogP contribution < -0.4 is 29.3 Å². The van der Waals surface area contributed by atoms with E-state index in [0.29, 0.717) is 80.9 Å². The molecule has 1 saturated carbocycles. The second kappa shape index (κ2) is 19.3. The SMILES string of the molecule is CC(C)c1ccccc1[C@@H]1COCCN1C1CC2(CCN(c3ccc(C(=O)NS(=O)(=O)c4cc5c(c([N+](=O)[O-])c4)N[C@H](CN4CCOCC4)CO5)c(N4c5cc6cc[nH]c6nc5O[C@H]5COCC[C@@H]54)c3)CC2)C1. The molecule has 2 aromatic heterocycles. The highest BCUT2D eigenvalue weighted by molar-refractivity contribution is 7.90. The number of hydrogen-bond donors (Lipinski definition) is 3. The molecule has 1 aliphatic carbocycles. The number of aromatic amines is 1. The standard InChI is InChI=1S/C53H63N9O10S/c1-33(2)39-5-3-4-6-40(39)46-31-70-22-18-60(46)37-27-53(28-37)11-14-59(15-12-53)36-7-8-41(43(24-36)61-42-10-19-69-32-48(42)72-52-45(61)23-34-9-13-54-50(34)56-52)51(63)57-73(66,67)38-25-44(62(64)65)49-47(26-38)71-30-35(55-49)29-58-16-20-68-21-17-58/h3-9,13,23-26,33,35,37,42,46,48,55H,10-12,14-22,27-32H2,1-2H3,(H,54,56)(H,57,63)/t35-,42+,46+,48+/m1/s1. The molecule has 4 atom stereocenters. The zero-order chi connectivity index (χ0) is 50.0. The van der Waals surface area contributed by atoms with Crippen molar-refractivity contribution in [1.82, 2.24) is 24.5 Å². The molecule has 0 radical (unpaired) electrons. The van der Waals surface area contributed by atoms with Crippen LogP contribution in [0.1, 0.15) is 79.4 Å². The topological polar surface area (TPSA) is 206 Å². The largest absolute Gasteiger partial charge is 0.489 e. The van der Waals surface area contributed by atoms with Crippen molar-refractivity contribution in [3.63, 3.8) is 0 Å². The minimum absolute atomic E-state index is 0.0165. The number of nitrogens with one attached hydrogen (secondary N) is 3. The van der Waals surface area contributed by atoms with Gasteiger partial charge in [0, 0.05) is 81.3 Å². The molecule has 5 aromatic rings. The highest BCUT2D eigenvalue weighted by atomic mass is 32.2. The maximum Gasteiger partial charge on any atom is 0.297 e. The molecule has 19 nitrogen and oxygen atoms in total. The number of carbonyl (C=O) groups is 1. The van der Waals surface area contributed by atoms with Crippen molar-refractivity contribution in [2.75, 3.05) is 101 Å². The first-order valence-corrected chi connectivity index (χ1v) is 27.3. The van der Waals surface area contributed by atoms with Crippen molar-refractivity contribution >= 4 is 55.4 Å². The van der Waals surface area contributed by atoms with Crippen LogP contribution >= 0.6 is 0 Å². The van der Waals surface area contributed by atoms with E-state index in [4.69, 9.17) is 28.7 Å². The summed E-state index contributed by atoms with van der Waals surface area (Å²) in [5.41, 5.74) is 5.41. The number of morpholine rings is 2. The molecule has 3 aromatic carbocycles. The molecular weight excluding hydrogens is 955 g/mol. The third-order valence-electron chi connectivity index (χ3n) is 16.4. The summed E-state index contributed by atoms with van der Waals surface area (Å²) in [6, 6.07) is 20.7. The summed E-state index contributed by atoms with van der Waals surface area (Å²) in [5, 5.41) is 16.6. The van der Waals surface area contributed by atoms with Crippen LogP contribution in [-0.4, -0.2) is 149 Å². The number of nitro groups is 1. The number of pyridine rings is 1. The van der Waals surface area contributed by atoms with Gasteiger partial charge in [0.1, 0.15) is 24.0 Å². The summed E-state index contributed by atoms with van der Waals surface area (Å²) in [4.78, 5) is 43.6. The lowest BCUT2D eigenvalue weighted by atomic mass is 9.59. The Morgan fingerprint density at radius 3 is 2.52 bits per heavy atom. The van der Waals surface area contributed by atoms with E-state index in [1.165, 1.54) is 17.2 Å². The molecule has 3 N–H and O–H groups in total. The molecule has 20 heteroatoms. The summed E-state index contributed by atoms with van der Waals surface area (Å²) in [7, 11) is -4.70. The van der Waals surface area contributed by atoms with Crippen LogP contribution in [0.2, 0.25) is 0 Å². The number of carbonyl (C=O) groups excluding carboxylic acids is 1. The lowest BCUT2D eigenvalue weighted by Gasteiger charge is -2.57. The van der Waals surface area contributed by atoms with Crippen molar-refractivity contribution in [1.29, 1.82) is 0 Å². The number of amides is 1. The van der Waals surface area contributed by atoms with E-state index in [-0.39, 0.29) is 47.1 Å². The molecule has 4 saturated heterocycles. The number of anilines is 4. The molecule has 0 unspecified atom stereocenters. The Morgan fingerprint density at radius 2 is 1.71 bits per heavy atom. The average molecular weight is 1020 g/mol. The number of nitrogens with zero attached hydrogens (tertiary/aromatic N) is 6. The fraction of sp³-hybridized carbons (Fsp3) is 0.509. The normalized spacial score (nSPS) is 24.4. The first-order chi connectivity index (χ1) is 35.4. The number of piperidine rings is 1. The zero-order valence-corrected chi connectivity index (χ0v) is 42.1. The summed E-state index contributed by atoms with van der Waals surface area (Å²) in [6.45, 7) is 12.7. The summed E-state index contributed by atoms with van der Waals surface area (Å²) in [6.07, 6.45) is 6.27. The molecule has 5 fully saturated rings. The first kappa shape index (κ1) is 47.9. The number of rotatable bonds is 11. The molecule has 7 aliphatic rings. The Balaban J connectivity index is 0.830. The highest BCUT2D eigenvalue weighted by Crippen LogP contribution is 2.54. The molecule has 8 heterocycles. The Hall–Kier alpha value is -6.03. The number of fused-ring (bicyclic) bond motifs is 4. The second-order valence-electron chi connectivity index (χ2n) is 21.1. The summed E-state index contributed by atoms with van der Waals surface area (Å²) < 4.78 is 61.0. The molecule has 386 valence electrons. The molecule has 1 amide bonds. The minimum Gasteiger partial charge on any atom is -0.489 e. The maximum absolute atomic E-state index is 14.8. The lowest BCUT2D eigenvalue weighted by molar-refractivity contribution is -0.384. The predicted octanol–water partition coefficient (Wildman–Crippen LogP) is 6.73. The van der Waals surface area contributed by atoms with Gasteiger partial charge in [0.2, 0.25) is 5.88 Å². The van der Waals surface area contributed by atoms with Crippen LogP contribution in [0.25, 0.3) is 11.0 Å². The third kappa shape index (κ3) is 9.13. The van der Waals surface area contributed by atoms with E-state index < -0.39 is 37.5 Å². The number of nitro benzene ring substituents is 1. The van der Waals surface area contributed by atoms with Gasteiger partial charge in [-0.2, -0.15) is 4.98 Å². The minimum atomic E-state index is -4.70. The van der Waals surface area contributed by atoms with Gasteiger partial charge in [-0.25, -0.2) is 13.1 Å². The van der Waals surface area contributed by atoms with Crippen LogP contribution in [-0.2, 0) is 24.2 Å². The molecule has 0 bridgehead atoms. The zero-order valence-electron chi connectivity index (χ0n) is 41.3. The first-order valence-electron chi connectivity index (χ1n) is 25.8. The van der Waals surface area contributed by atoms with Crippen molar-refractivity contribution in [2.24, 2.45) is 5.41 Å². The van der Waals surface area contributed by atoms with E-state index in [0.717, 1.165) is 82.2 Å². The van der Waals surface area contributed by atoms with E-state index in [2.05, 4.69) is 72.7 Å². The van der Waals surface area contributed by atoms with Crippen LogP contribution in [0.4, 0.5) is 28.4 Å². The van der Waals surface area contributed by atoms with Crippen LogP contribution in [0.15, 0.2) is 77.8 Å². The number of H-pyrrole nitrogens is 1. The average Bonchev–Trinajstić information content (AvgIpc) is 3.86. The molecule has 1 spiro atoms. The van der Waals surface area contributed by atoms with Crippen LogP contribution in [0, 0.1) is 15.5 Å². The van der Waals surface area contributed by atoms with E-state index >= 15 is 0 Å². The number of aromatic nitrogens is 2. The van der Waals surface area contributed by atoms with E-state index in [1.807, 2.05) is 30.5 Å². The molecule has 12 rings (SSSR count). The van der Waals surface area contributed by atoms with Gasteiger partial charge in [-0.3, -0.25) is 24.7 Å². The quantitative estimate of drug-likeness (QED) is 0.0927. The van der Waals surface area contributed by atoms with Crippen LogP contribution in [0.3, 0.4) is 0 Å². The number of hydrogen-bond acceptors (Lipinski definition) is 16. The van der Waals surface area contributed by atoms with Gasteiger partial charge in [0.15, 0.2) is 11.4 Å². The van der Waals surface area contributed by atoms with Gasteiger partial charge in [0.25, 0.3) is 21.6 Å². The lowest BCUT2D eigenvalue weighted by Crippen LogP contribution is -2.58. The fourth-order valence-corrected chi connectivity index (χ4v) is 13.5. The molecule has 6 aliphatic heterocycles. The van der Waals surface area contributed by atoms with Gasteiger partial charge >= 0.3 is 0 Å². The van der Waals surface area contributed by atoms with Crippen molar-refractivity contribution in [2.45, 2.75) is 87.0 Å².